The lowest BCUT2D eigenvalue weighted by Gasteiger charge is -2.05. The number of carbonyl (C=O) groups is 1. The van der Waals surface area contributed by atoms with Crippen molar-refractivity contribution in [2.75, 3.05) is 0 Å². The monoisotopic (exact) mass is 405 g/mol. The normalized spacial score (nSPS) is 12.7. The van der Waals surface area contributed by atoms with E-state index < -0.39 is 5.91 Å². The highest BCUT2D eigenvalue weighted by atomic mass is 127. The van der Waals surface area contributed by atoms with Crippen molar-refractivity contribution >= 4 is 50.5 Å². The Labute approximate surface area is 121 Å². The van der Waals surface area contributed by atoms with E-state index in [2.05, 4.69) is 48.8 Å². The van der Waals surface area contributed by atoms with Crippen molar-refractivity contribution in [2.24, 2.45) is 0 Å². The van der Waals surface area contributed by atoms with Gasteiger partial charge in [0.15, 0.2) is 0 Å². The van der Waals surface area contributed by atoms with Crippen molar-refractivity contribution in [3.8, 4) is 6.07 Å². The van der Waals surface area contributed by atoms with Crippen LogP contribution in [0.1, 0.15) is 12.6 Å². The topological polar surface area (TPSA) is 65.8 Å². The van der Waals surface area contributed by atoms with Crippen LogP contribution in [0.2, 0.25) is 0 Å². The third-order valence-corrected chi connectivity index (χ3v) is 2.48. The molecule has 0 spiro atoms. The van der Waals surface area contributed by atoms with Crippen LogP contribution in [0.4, 0.5) is 0 Å². The fraction of sp³-hybridized carbons (Fsp3) is 0.182. The molecule has 1 heterocycles. The molecule has 4 nitrogen and oxygen atoms in total. The molecule has 1 rings (SSSR count). The summed E-state index contributed by atoms with van der Waals surface area (Å²) in [5, 5.41) is 11.6. The van der Waals surface area contributed by atoms with E-state index in [1.807, 2.05) is 13.0 Å². The number of hydrogen-bond acceptors (Lipinski definition) is 3. The first-order valence-corrected chi connectivity index (χ1v) is 6.76. The number of hydrogen-bond donors (Lipinski definition) is 1. The molecule has 88 valence electrons. The first-order chi connectivity index (χ1) is 8.02. The van der Waals surface area contributed by atoms with Crippen LogP contribution < -0.4 is 5.32 Å². The van der Waals surface area contributed by atoms with Gasteiger partial charge in [-0.3, -0.25) is 4.79 Å². The average molecular weight is 406 g/mol. The molecule has 0 aliphatic rings. The Morgan fingerprint density at radius 2 is 2.41 bits per heavy atom. The van der Waals surface area contributed by atoms with E-state index in [9.17, 15) is 4.79 Å². The van der Waals surface area contributed by atoms with E-state index in [0.717, 1.165) is 0 Å². The molecular formula is C11H9BrIN3O. The van der Waals surface area contributed by atoms with E-state index in [1.54, 1.807) is 18.2 Å². The second-order valence-electron chi connectivity index (χ2n) is 3.14. The van der Waals surface area contributed by atoms with Gasteiger partial charge in [0, 0.05) is 0 Å². The van der Waals surface area contributed by atoms with E-state index in [4.69, 9.17) is 5.26 Å². The second-order valence-corrected chi connectivity index (χ2v) is 5.83. The minimum Gasteiger partial charge on any atom is -0.340 e. The number of nitrogens with one attached hydrogen (secondary N) is 1. The summed E-state index contributed by atoms with van der Waals surface area (Å²) in [5.74, 6) is -0.392. The molecule has 0 saturated heterocycles. The first kappa shape index (κ1) is 14.1. The molecule has 1 aromatic rings. The summed E-state index contributed by atoms with van der Waals surface area (Å²) in [5.41, 5.74) is 0.603. The SMILES string of the molecule is C[C@H](I)NC(=O)/C(C#N)=C/c1cccc(Br)n1. The fourth-order valence-corrected chi connectivity index (χ4v) is 1.70. The number of amides is 1. The quantitative estimate of drug-likeness (QED) is 0.210. The number of pyridine rings is 1. The minimum atomic E-state index is -0.392. The third-order valence-electron chi connectivity index (χ3n) is 1.72. The van der Waals surface area contributed by atoms with Crippen LogP contribution in [0.3, 0.4) is 0 Å². The summed E-state index contributed by atoms with van der Waals surface area (Å²) < 4.78 is 0.624. The number of halogens is 2. The highest BCUT2D eigenvalue weighted by molar-refractivity contribution is 14.1. The van der Waals surface area contributed by atoms with Gasteiger partial charge >= 0.3 is 0 Å². The van der Waals surface area contributed by atoms with E-state index >= 15 is 0 Å². The Morgan fingerprint density at radius 3 is 2.94 bits per heavy atom. The zero-order valence-electron chi connectivity index (χ0n) is 8.95. The lowest BCUT2D eigenvalue weighted by atomic mass is 10.2. The van der Waals surface area contributed by atoms with Crippen LogP contribution >= 0.6 is 38.5 Å². The van der Waals surface area contributed by atoms with Crippen LogP contribution in [0.25, 0.3) is 6.08 Å². The third kappa shape index (κ3) is 4.83. The molecule has 17 heavy (non-hydrogen) atoms. The largest absolute Gasteiger partial charge is 0.340 e. The van der Waals surface area contributed by atoms with Crippen LogP contribution in [0, 0.1) is 11.3 Å². The maximum absolute atomic E-state index is 11.6. The number of nitriles is 1. The molecule has 1 atom stereocenters. The van der Waals surface area contributed by atoms with Gasteiger partial charge in [-0.2, -0.15) is 5.26 Å². The lowest BCUT2D eigenvalue weighted by Crippen LogP contribution is -2.29. The zero-order chi connectivity index (χ0) is 12.8. The lowest BCUT2D eigenvalue weighted by molar-refractivity contribution is -0.117. The number of alkyl halides is 1. The summed E-state index contributed by atoms with van der Waals surface area (Å²) in [6, 6.07) is 7.15. The van der Waals surface area contributed by atoms with Crippen LogP contribution in [-0.4, -0.2) is 14.9 Å². The maximum atomic E-state index is 11.6. The van der Waals surface area contributed by atoms with E-state index in [0.29, 0.717) is 10.3 Å². The van der Waals surface area contributed by atoms with Gasteiger partial charge in [-0.25, -0.2) is 4.98 Å². The van der Waals surface area contributed by atoms with Crippen LogP contribution in [0.5, 0.6) is 0 Å². The Bertz CT molecular complexity index is 494. The molecule has 6 heteroatoms. The smallest absolute Gasteiger partial charge is 0.262 e. The molecule has 1 amide bonds. The molecule has 0 unspecified atom stereocenters. The van der Waals surface area contributed by atoms with Gasteiger partial charge in [-0.1, -0.05) is 28.7 Å². The molecule has 0 aliphatic carbocycles. The Hall–Kier alpha value is -0.940. The van der Waals surface area contributed by atoms with Crippen molar-refractivity contribution in [1.29, 1.82) is 5.26 Å². The summed E-state index contributed by atoms with van der Waals surface area (Å²) in [6.45, 7) is 1.82. The molecule has 0 aliphatic heterocycles. The average Bonchev–Trinajstić information content (AvgIpc) is 2.24. The molecule has 0 aromatic carbocycles. The number of nitrogens with zero attached hydrogens (tertiary/aromatic N) is 2. The Balaban J connectivity index is 2.95. The fourth-order valence-electron chi connectivity index (χ4n) is 1.06. The second kappa shape index (κ2) is 6.71. The number of rotatable bonds is 3. The van der Waals surface area contributed by atoms with Crippen molar-refractivity contribution in [3.05, 3.63) is 34.1 Å². The number of aromatic nitrogens is 1. The molecule has 0 fully saturated rings. The van der Waals surface area contributed by atoms with Gasteiger partial charge < -0.3 is 5.32 Å². The summed E-state index contributed by atoms with van der Waals surface area (Å²) in [6.07, 6.45) is 1.46. The summed E-state index contributed by atoms with van der Waals surface area (Å²) >= 11 is 5.28. The Kier molecular flexibility index (Phi) is 5.58. The maximum Gasteiger partial charge on any atom is 0.262 e. The highest BCUT2D eigenvalue weighted by Gasteiger charge is 2.10. The highest BCUT2D eigenvalue weighted by Crippen LogP contribution is 2.10. The predicted molar refractivity (Wildman–Crippen MR) is 77.2 cm³/mol. The molecule has 1 N–H and O–H groups in total. The van der Waals surface area contributed by atoms with Gasteiger partial charge in [0.1, 0.15) is 16.2 Å². The predicted octanol–water partition coefficient (Wildman–Crippen LogP) is 2.65. The van der Waals surface area contributed by atoms with Gasteiger partial charge in [0.05, 0.1) is 9.74 Å². The van der Waals surface area contributed by atoms with Gasteiger partial charge in [0.2, 0.25) is 0 Å². The van der Waals surface area contributed by atoms with Crippen LogP contribution in [0.15, 0.2) is 28.4 Å². The molecular weight excluding hydrogens is 397 g/mol. The zero-order valence-corrected chi connectivity index (χ0v) is 12.7. The standard InChI is InChI=1S/C11H9BrIN3O/c1-7(13)15-11(17)8(6-14)5-9-3-2-4-10(12)16-9/h2-5,7H,1H3,(H,15,17)/b8-5+/t7-/m1/s1. The van der Waals surface area contributed by atoms with E-state index in [1.165, 1.54) is 6.08 Å². The number of carbonyl (C=O) groups excluding carboxylic acids is 1. The van der Waals surface area contributed by atoms with Crippen molar-refractivity contribution in [1.82, 2.24) is 10.3 Å². The Morgan fingerprint density at radius 1 is 1.71 bits per heavy atom. The van der Waals surface area contributed by atoms with E-state index in [-0.39, 0.29) is 9.62 Å². The van der Waals surface area contributed by atoms with Crippen LogP contribution in [-0.2, 0) is 4.79 Å². The van der Waals surface area contributed by atoms with Gasteiger partial charge in [-0.15, -0.1) is 0 Å². The molecule has 0 bridgehead atoms. The molecule has 0 radical (unpaired) electrons. The molecule has 1 aromatic heterocycles. The van der Waals surface area contributed by atoms with Gasteiger partial charge in [-0.05, 0) is 41.1 Å². The summed E-state index contributed by atoms with van der Waals surface area (Å²) in [7, 11) is 0. The van der Waals surface area contributed by atoms with Crippen molar-refractivity contribution < 1.29 is 4.79 Å². The van der Waals surface area contributed by atoms with Gasteiger partial charge in [0.25, 0.3) is 5.91 Å². The summed E-state index contributed by atoms with van der Waals surface area (Å²) in [4.78, 5) is 15.8. The first-order valence-electron chi connectivity index (χ1n) is 4.72. The molecule has 0 saturated carbocycles. The minimum absolute atomic E-state index is 0.0349. The van der Waals surface area contributed by atoms with Crippen molar-refractivity contribution in [2.45, 2.75) is 11.0 Å². The van der Waals surface area contributed by atoms with Crippen molar-refractivity contribution in [3.63, 3.8) is 0 Å².